The van der Waals surface area contributed by atoms with Crippen molar-refractivity contribution < 1.29 is 8.84 Å². The minimum Gasteiger partial charge on any atom is -0.429 e. The van der Waals surface area contributed by atoms with Crippen LogP contribution in [0, 0.1) is 11.8 Å². The van der Waals surface area contributed by atoms with Gasteiger partial charge in [-0.1, -0.05) is 38.8 Å². The van der Waals surface area contributed by atoms with Crippen LogP contribution in [-0.4, -0.2) is 18.3 Å². The zero-order valence-electron chi connectivity index (χ0n) is 16.0. The summed E-state index contributed by atoms with van der Waals surface area (Å²) in [6.45, 7) is 11.7. The first kappa shape index (κ1) is 18.4. The zero-order valence-corrected chi connectivity index (χ0v) is 17.0. The molecule has 0 spiro atoms. The summed E-state index contributed by atoms with van der Waals surface area (Å²) in [4.78, 5) is 8.53. The first-order valence-corrected chi connectivity index (χ1v) is 11.6. The number of aromatic nitrogens is 2. The van der Waals surface area contributed by atoms with E-state index in [2.05, 4.69) is 55.7 Å². The molecule has 0 aliphatic heterocycles. The Balaban J connectivity index is 1.85. The van der Waals surface area contributed by atoms with E-state index in [0.717, 1.165) is 22.2 Å². The summed E-state index contributed by atoms with van der Waals surface area (Å²) in [6, 6.07) is 9.70. The first-order chi connectivity index (χ1) is 12.3. The highest BCUT2D eigenvalue weighted by Gasteiger charge is 2.37. The third-order valence-electron chi connectivity index (χ3n) is 4.87. The lowest BCUT2D eigenvalue weighted by molar-refractivity contribution is 0.276. The molecule has 2 heterocycles. The molecule has 0 amide bonds. The molecule has 0 saturated heterocycles. The van der Waals surface area contributed by atoms with Crippen LogP contribution < -0.4 is 0 Å². The van der Waals surface area contributed by atoms with E-state index in [-0.39, 0.29) is 5.04 Å². The Hall–Kier alpha value is -2.42. The average molecular weight is 365 g/mol. The fourth-order valence-corrected chi connectivity index (χ4v) is 3.16. The molecule has 0 atom stereocenters. The van der Waals surface area contributed by atoms with Crippen molar-refractivity contribution in [2.24, 2.45) is 0 Å². The van der Waals surface area contributed by atoms with Gasteiger partial charge in [0.2, 0.25) is 0 Å². The molecule has 3 rings (SSSR count). The number of rotatable bonds is 3. The molecule has 4 nitrogen and oxygen atoms in total. The van der Waals surface area contributed by atoms with E-state index in [4.69, 9.17) is 8.84 Å². The maximum absolute atomic E-state index is 6.33. The van der Waals surface area contributed by atoms with E-state index in [1.165, 1.54) is 0 Å². The smallest absolute Gasteiger partial charge is 0.274 e. The first-order valence-electron chi connectivity index (χ1n) is 8.71. The molecule has 0 aliphatic carbocycles. The summed E-state index contributed by atoms with van der Waals surface area (Å²) in [7, 11) is -1.82. The van der Waals surface area contributed by atoms with Crippen molar-refractivity contribution in [1.29, 1.82) is 0 Å². The van der Waals surface area contributed by atoms with Crippen molar-refractivity contribution in [1.82, 2.24) is 9.97 Å². The van der Waals surface area contributed by atoms with Crippen LogP contribution in [0.4, 0.5) is 0 Å². The van der Waals surface area contributed by atoms with Gasteiger partial charge in [-0.05, 0) is 42.3 Å². The summed E-state index contributed by atoms with van der Waals surface area (Å²) in [5.74, 6) is 6.40. The SMILES string of the molecule is CC(C)(C)[Si](C)(C)OCc1cccc2nc(C#Cc3cccnc3)oc12. The van der Waals surface area contributed by atoms with Crippen molar-refractivity contribution in [3.8, 4) is 11.8 Å². The van der Waals surface area contributed by atoms with Gasteiger partial charge < -0.3 is 8.84 Å². The van der Waals surface area contributed by atoms with E-state index in [1.54, 1.807) is 12.4 Å². The van der Waals surface area contributed by atoms with Crippen molar-refractivity contribution in [2.45, 2.75) is 45.5 Å². The number of oxazole rings is 1. The van der Waals surface area contributed by atoms with Crippen LogP contribution in [0.2, 0.25) is 18.1 Å². The van der Waals surface area contributed by atoms with Crippen molar-refractivity contribution in [2.75, 3.05) is 0 Å². The summed E-state index contributed by atoms with van der Waals surface area (Å²) in [5, 5.41) is 0.169. The molecule has 0 bridgehead atoms. The van der Waals surface area contributed by atoms with E-state index in [9.17, 15) is 0 Å². The van der Waals surface area contributed by atoms with E-state index < -0.39 is 8.32 Å². The molecule has 0 radical (unpaired) electrons. The maximum Gasteiger partial charge on any atom is 0.274 e. The minimum atomic E-state index is -1.82. The van der Waals surface area contributed by atoms with Gasteiger partial charge in [-0.3, -0.25) is 4.98 Å². The van der Waals surface area contributed by atoms with E-state index in [1.807, 2.05) is 30.3 Å². The standard InChI is InChI=1S/C21H24N2O2Si/c1-21(2,3)26(4,5)24-15-17-9-6-10-18-20(17)25-19(23-18)12-11-16-8-7-13-22-14-16/h6-10,13-14H,15H2,1-5H3. The van der Waals surface area contributed by atoms with Gasteiger partial charge in [0.1, 0.15) is 5.52 Å². The van der Waals surface area contributed by atoms with Crippen LogP contribution in [0.15, 0.2) is 47.1 Å². The fraction of sp³-hybridized carbons (Fsp3) is 0.333. The predicted molar refractivity (Wildman–Crippen MR) is 106 cm³/mol. The van der Waals surface area contributed by atoms with Gasteiger partial charge in [-0.25, -0.2) is 4.98 Å². The molecule has 0 unspecified atom stereocenters. The van der Waals surface area contributed by atoms with Gasteiger partial charge in [0.05, 0.1) is 6.61 Å². The lowest BCUT2D eigenvalue weighted by Gasteiger charge is -2.36. The Bertz CT molecular complexity index is 960. The number of benzene rings is 1. The summed E-state index contributed by atoms with van der Waals surface area (Å²) >= 11 is 0. The molecule has 26 heavy (non-hydrogen) atoms. The second-order valence-corrected chi connectivity index (χ2v) is 12.6. The zero-order chi connectivity index (χ0) is 18.8. The monoisotopic (exact) mass is 364 g/mol. The highest BCUT2D eigenvalue weighted by Crippen LogP contribution is 2.37. The molecule has 0 fully saturated rings. The molecule has 3 aromatic rings. The maximum atomic E-state index is 6.33. The Kier molecular flexibility index (Phi) is 4.99. The van der Waals surface area contributed by atoms with Crippen molar-refractivity contribution in [3.63, 3.8) is 0 Å². The third kappa shape index (κ3) is 4.04. The largest absolute Gasteiger partial charge is 0.429 e. The Labute approximate surface area is 155 Å². The molecule has 5 heteroatoms. The number of hydrogen-bond acceptors (Lipinski definition) is 4. The average Bonchev–Trinajstić information content (AvgIpc) is 3.02. The van der Waals surface area contributed by atoms with Crippen molar-refractivity contribution in [3.05, 3.63) is 59.7 Å². The molecule has 1 aromatic carbocycles. The van der Waals surface area contributed by atoms with Gasteiger partial charge in [-0.2, -0.15) is 0 Å². The minimum absolute atomic E-state index is 0.169. The van der Waals surface area contributed by atoms with Crippen molar-refractivity contribution >= 4 is 19.4 Å². The lowest BCUT2D eigenvalue weighted by Crippen LogP contribution is -2.40. The van der Waals surface area contributed by atoms with Gasteiger partial charge in [0, 0.05) is 23.5 Å². The topological polar surface area (TPSA) is 48.2 Å². The third-order valence-corrected chi connectivity index (χ3v) is 9.34. The molecule has 0 saturated carbocycles. The Morgan fingerprint density at radius 1 is 1.12 bits per heavy atom. The number of hydrogen-bond donors (Lipinski definition) is 0. The highest BCUT2D eigenvalue weighted by atomic mass is 28.4. The van der Waals surface area contributed by atoms with Crippen LogP contribution in [0.3, 0.4) is 0 Å². The second-order valence-electron chi connectivity index (χ2n) is 7.83. The van der Waals surface area contributed by atoms with Crippen LogP contribution >= 0.6 is 0 Å². The van der Waals surface area contributed by atoms with Gasteiger partial charge in [0.15, 0.2) is 13.9 Å². The van der Waals surface area contributed by atoms with Crippen LogP contribution in [-0.2, 0) is 11.0 Å². The number of pyridine rings is 1. The second kappa shape index (κ2) is 7.06. The molecule has 2 aromatic heterocycles. The molecular weight excluding hydrogens is 340 g/mol. The number of para-hydroxylation sites is 1. The van der Waals surface area contributed by atoms with E-state index >= 15 is 0 Å². The van der Waals surface area contributed by atoms with Gasteiger partial charge in [-0.15, -0.1) is 0 Å². The summed E-state index contributed by atoms with van der Waals surface area (Å²) < 4.78 is 12.2. The van der Waals surface area contributed by atoms with Gasteiger partial charge >= 0.3 is 0 Å². The molecular formula is C21H24N2O2Si. The van der Waals surface area contributed by atoms with E-state index in [0.29, 0.717) is 12.5 Å². The highest BCUT2D eigenvalue weighted by molar-refractivity contribution is 6.74. The Morgan fingerprint density at radius 3 is 2.62 bits per heavy atom. The fourth-order valence-electron chi connectivity index (χ4n) is 2.21. The van der Waals surface area contributed by atoms with Crippen LogP contribution in [0.25, 0.3) is 11.1 Å². The van der Waals surface area contributed by atoms with Gasteiger partial charge in [0.25, 0.3) is 5.89 Å². The normalized spacial score (nSPS) is 12.0. The quantitative estimate of drug-likeness (QED) is 0.477. The number of nitrogens with zero attached hydrogens (tertiary/aromatic N) is 2. The Morgan fingerprint density at radius 2 is 1.92 bits per heavy atom. The molecule has 134 valence electrons. The molecule has 0 N–H and O–H groups in total. The summed E-state index contributed by atoms with van der Waals surface area (Å²) in [6.07, 6.45) is 3.44. The molecule has 0 aliphatic rings. The lowest BCUT2D eigenvalue weighted by atomic mass is 10.2. The van der Waals surface area contributed by atoms with Crippen LogP contribution in [0.1, 0.15) is 37.8 Å². The predicted octanol–water partition coefficient (Wildman–Crippen LogP) is 5.14. The summed E-state index contributed by atoms with van der Waals surface area (Å²) in [5.41, 5.74) is 3.39. The number of fused-ring (bicyclic) bond motifs is 1. The van der Waals surface area contributed by atoms with Crippen LogP contribution in [0.5, 0.6) is 0 Å².